The van der Waals surface area contributed by atoms with Crippen molar-refractivity contribution < 1.29 is 5.11 Å². The third-order valence-electron chi connectivity index (χ3n) is 4.82. The summed E-state index contributed by atoms with van der Waals surface area (Å²) in [7, 11) is 0. The third-order valence-corrected chi connectivity index (χ3v) is 4.82. The molecule has 1 aromatic rings. The fraction of sp³-hybridized carbons (Fsp3) is 0.647. The van der Waals surface area contributed by atoms with Gasteiger partial charge in [0.2, 0.25) is 0 Å². The highest BCUT2D eigenvalue weighted by Crippen LogP contribution is 2.41. The van der Waals surface area contributed by atoms with Gasteiger partial charge in [0.05, 0.1) is 5.60 Å². The molecule has 1 saturated carbocycles. The van der Waals surface area contributed by atoms with Crippen LogP contribution in [0.25, 0.3) is 0 Å². The molecule has 1 nitrogen and oxygen atoms in total. The molecule has 1 aromatic carbocycles. The number of hydrogen-bond donors (Lipinski definition) is 1. The van der Waals surface area contributed by atoms with Gasteiger partial charge in [-0.15, -0.1) is 0 Å². The van der Waals surface area contributed by atoms with E-state index in [4.69, 9.17) is 0 Å². The molecule has 0 radical (unpaired) electrons. The van der Waals surface area contributed by atoms with Crippen LogP contribution >= 0.6 is 0 Å². The van der Waals surface area contributed by atoms with Crippen molar-refractivity contribution >= 4 is 0 Å². The minimum Gasteiger partial charge on any atom is -0.385 e. The minimum absolute atomic E-state index is 0.406. The lowest BCUT2D eigenvalue weighted by molar-refractivity contribution is -0.0294. The molecule has 18 heavy (non-hydrogen) atoms. The van der Waals surface area contributed by atoms with E-state index in [9.17, 15) is 5.11 Å². The highest BCUT2D eigenvalue weighted by atomic mass is 16.3. The van der Waals surface area contributed by atoms with Gasteiger partial charge in [-0.3, -0.25) is 0 Å². The second-order valence-electron chi connectivity index (χ2n) is 6.42. The molecule has 0 bridgehead atoms. The summed E-state index contributed by atoms with van der Waals surface area (Å²) in [4.78, 5) is 0. The smallest absolute Gasteiger partial charge is 0.0896 e. The Hall–Kier alpha value is -0.820. The van der Waals surface area contributed by atoms with Crippen molar-refractivity contribution in [2.75, 3.05) is 0 Å². The minimum atomic E-state index is -0.673. The van der Waals surface area contributed by atoms with E-state index in [1.807, 2.05) is 6.92 Å². The largest absolute Gasteiger partial charge is 0.385 e. The fourth-order valence-corrected chi connectivity index (χ4v) is 3.24. The van der Waals surface area contributed by atoms with E-state index in [-0.39, 0.29) is 0 Å². The maximum absolute atomic E-state index is 10.9. The summed E-state index contributed by atoms with van der Waals surface area (Å²) in [6.45, 7) is 8.55. The van der Waals surface area contributed by atoms with Gasteiger partial charge in [0.1, 0.15) is 0 Å². The molecule has 1 heteroatoms. The lowest BCUT2D eigenvalue weighted by atomic mass is 9.71. The normalized spacial score (nSPS) is 27.8. The molecule has 0 spiro atoms. The van der Waals surface area contributed by atoms with Gasteiger partial charge in [0.15, 0.2) is 0 Å². The van der Waals surface area contributed by atoms with Gasteiger partial charge >= 0.3 is 0 Å². The van der Waals surface area contributed by atoms with Gasteiger partial charge in [-0.05, 0) is 62.1 Å². The van der Waals surface area contributed by atoms with E-state index < -0.39 is 5.60 Å². The van der Waals surface area contributed by atoms with Gasteiger partial charge in [0, 0.05) is 0 Å². The monoisotopic (exact) mass is 246 g/mol. The van der Waals surface area contributed by atoms with E-state index >= 15 is 0 Å². The molecule has 0 aromatic heterocycles. The first kappa shape index (κ1) is 13.6. The Morgan fingerprint density at radius 2 is 1.89 bits per heavy atom. The number of aryl methyl sites for hydroxylation is 2. The topological polar surface area (TPSA) is 20.2 Å². The van der Waals surface area contributed by atoms with Crippen LogP contribution in [0.4, 0.5) is 0 Å². The molecule has 1 N–H and O–H groups in total. The van der Waals surface area contributed by atoms with Crippen LogP contribution in [0.1, 0.15) is 56.2 Å². The van der Waals surface area contributed by atoms with Crippen molar-refractivity contribution in [3.63, 3.8) is 0 Å². The van der Waals surface area contributed by atoms with Crippen LogP contribution in [0.2, 0.25) is 0 Å². The Morgan fingerprint density at radius 1 is 1.17 bits per heavy atom. The molecule has 0 aliphatic heterocycles. The predicted molar refractivity (Wildman–Crippen MR) is 76.6 cm³/mol. The zero-order valence-corrected chi connectivity index (χ0v) is 12.2. The van der Waals surface area contributed by atoms with Gasteiger partial charge in [-0.1, -0.05) is 38.0 Å². The van der Waals surface area contributed by atoms with Crippen LogP contribution in [-0.4, -0.2) is 5.11 Å². The Balaban J connectivity index is 2.25. The molecule has 0 saturated heterocycles. The number of aliphatic hydroxyl groups is 1. The molecule has 3 atom stereocenters. The van der Waals surface area contributed by atoms with Crippen molar-refractivity contribution in [1.82, 2.24) is 0 Å². The lowest BCUT2D eigenvalue weighted by Gasteiger charge is -2.38. The molecule has 3 unspecified atom stereocenters. The van der Waals surface area contributed by atoms with E-state index in [0.717, 1.165) is 24.3 Å². The van der Waals surface area contributed by atoms with Crippen LogP contribution < -0.4 is 0 Å². The Bertz CT molecular complexity index is 420. The second-order valence-corrected chi connectivity index (χ2v) is 6.42. The average molecular weight is 246 g/mol. The number of benzene rings is 1. The van der Waals surface area contributed by atoms with Crippen molar-refractivity contribution in [2.45, 2.75) is 59.0 Å². The van der Waals surface area contributed by atoms with Crippen LogP contribution in [0.15, 0.2) is 18.2 Å². The summed E-state index contributed by atoms with van der Waals surface area (Å²) < 4.78 is 0. The van der Waals surface area contributed by atoms with E-state index in [1.165, 1.54) is 24.0 Å². The SMILES string of the molecule is Cc1ccc(C(C)(O)C2CCCC(C)C2)cc1C. The molecule has 0 amide bonds. The summed E-state index contributed by atoms with van der Waals surface area (Å²) in [6, 6.07) is 6.39. The molecule has 2 rings (SSSR count). The van der Waals surface area contributed by atoms with E-state index in [1.54, 1.807) is 0 Å². The summed E-state index contributed by atoms with van der Waals surface area (Å²) in [5.41, 5.74) is 2.99. The summed E-state index contributed by atoms with van der Waals surface area (Å²) >= 11 is 0. The fourth-order valence-electron chi connectivity index (χ4n) is 3.24. The Kier molecular flexibility index (Phi) is 3.82. The first-order valence-corrected chi connectivity index (χ1v) is 7.21. The van der Waals surface area contributed by atoms with Crippen LogP contribution in [0.3, 0.4) is 0 Å². The van der Waals surface area contributed by atoms with Crippen LogP contribution in [-0.2, 0) is 5.60 Å². The Morgan fingerprint density at radius 3 is 2.50 bits per heavy atom. The molecule has 1 aliphatic rings. The first-order valence-electron chi connectivity index (χ1n) is 7.21. The van der Waals surface area contributed by atoms with Crippen molar-refractivity contribution in [3.05, 3.63) is 34.9 Å². The highest BCUT2D eigenvalue weighted by Gasteiger charge is 2.36. The molecular weight excluding hydrogens is 220 g/mol. The summed E-state index contributed by atoms with van der Waals surface area (Å²) in [5.74, 6) is 1.16. The van der Waals surface area contributed by atoms with Crippen molar-refractivity contribution in [1.29, 1.82) is 0 Å². The lowest BCUT2D eigenvalue weighted by Crippen LogP contribution is -2.35. The van der Waals surface area contributed by atoms with Crippen molar-refractivity contribution in [2.24, 2.45) is 11.8 Å². The number of hydrogen-bond acceptors (Lipinski definition) is 1. The summed E-state index contributed by atoms with van der Waals surface area (Å²) in [5, 5.41) is 10.9. The Labute approximate surface area is 111 Å². The van der Waals surface area contributed by atoms with Gasteiger partial charge in [-0.25, -0.2) is 0 Å². The van der Waals surface area contributed by atoms with Gasteiger partial charge < -0.3 is 5.11 Å². The van der Waals surface area contributed by atoms with E-state index in [0.29, 0.717) is 5.92 Å². The average Bonchev–Trinajstić information content (AvgIpc) is 2.32. The molecular formula is C17H26O. The molecule has 1 fully saturated rings. The van der Waals surface area contributed by atoms with Gasteiger partial charge in [-0.2, -0.15) is 0 Å². The van der Waals surface area contributed by atoms with Crippen molar-refractivity contribution in [3.8, 4) is 0 Å². The second kappa shape index (κ2) is 5.05. The summed E-state index contributed by atoms with van der Waals surface area (Å²) in [6.07, 6.45) is 4.89. The standard InChI is InChI=1S/C17H26O/c1-12-6-5-7-15(10-12)17(4,18)16-9-8-13(2)14(3)11-16/h8-9,11-12,15,18H,5-7,10H2,1-4H3. The molecule has 0 heterocycles. The molecule has 1 aliphatic carbocycles. The quantitative estimate of drug-likeness (QED) is 0.823. The zero-order valence-electron chi connectivity index (χ0n) is 12.2. The van der Waals surface area contributed by atoms with Crippen LogP contribution in [0, 0.1) is 25.7 Å². The predicted octanol–water partition coefficient (Wildman–Crippen LogP) is 4.34. The van der Waals surface area contributed by atoms with Gasteiger partial charge in [0.25, 0.3) is 0 Å². The zero-order chi connectivity index (χ0) is 13.3. The van der Waals surface area contributed by atoms with Crippen LogP contribution in [0.5, 0.6) is 0 Å². The maximum atomic E-state index is 10.9. The highest BCUT2D eigenvalue weighted by molar-refractivity contribution is 5.33. The third kappa shape index (κ3) is 2.61. The van der Waals surface area contributed by atoms with E-state index in [2.05, 4.69) is 39.0 Å². The maximum Gasteiger partial charge on any atom is 0.0896 e. The number of rotatable bonds is 2. The molecule has 100 valence electrons. The first-order chi connectivity index (χ1) is 8.41.